The van der Waals surface area contributed by atoms with Crippen LogP contribution < -0.4 is 0 Å². The molecule has 0 amide bonds. The van der Waals surface area contributed by atoms with Crippen LogP contribution in [0.25, 0.3) is 0 Å². The summed E-state index contributed by atoms with van der Waals surface area (Å²) < 4.78 is 11.0. The van der Waals surface area contributed by atoms with Crippen molar-refractivity contribution in [3.05, 3.63) is 0 Å². The fourth-order valence-electron chi connectivity index (χ4n) is 4.14. The summed E-state index contributed by atoms with van der Waals surface area (Å²) in [5, 5.41) is 0. The van der Waals surface area contributed by atoms with Crippen molar-refractivity contribution < 1.29 is 19.1 Å². The Labute approximate surface area is 173 Å². The zero-order chi connectivity index (χ0) is 20.6. The maximum atomic E-state index is 12.5. The molecule has 0 bridgehead atoms. The van der Waals surface area contributed by atoms with E-state index in [0.717, 1.165) is 38.5 Å². The Morgan fingerprint density at radius 2 is 1.00 bits per heavy atom. The number of hydrogen-bond acceptors (Lipinski definition) is 4. The molecule has 0 heterocycles. The molecule has 1 aliphatic carbocycles. The minimum absolute atomic E-state index is 0.195. The van der Waals surface area contributed by atoms with Crippen molar-refractivity contribution in [1.29, 1.82) is 0 Å². The van der Waals surface area contributed by atoms with E-state index in [2.05, 4.69) is 20.8 Å². The third kappa shape index (κ3) is 10.5. The van der Waals surface area contributed by atoms with Crippen molar-refractivity contribution in [3.63, 3.8) is 0 Å². The van der Waals surface area contributed by atoms with Gasteiger partial charge in [-0.25, -0.2) is 0 Å². The van der Waals surface area contributed by atoms with E-state index in [1.807, 2.05) is 0 Å². The molecule has 164 valence electrons. The molecule has 4 heteroatoms. The topological polar surface area (TPSA) is 52.6 Å². The average Bonchev–Trinajstić information content (AvgIpc) is 3.08. The van der Waals surface area contributed by atoms with Crippen molar-refractivity contribution >= 4 is 11.9 Å². The lowest BCUT2D eigenvalue weighted by atomic mass is 9.96. The molecule has 0 aliphatic heterocycles. The van der Waals surface area contributed by atoms with Gasteiger partial charge in [-0.3, -0.25) is 9.59 Å². The second kappa shape index (κ2) is 15.8. The molecule has 0 radical (unpaired) electrons. The number of ether oxygens (including phenoxy) is 2. The standard InChI is InChI=1S/C24H44O4/c1-4-6-8-10-12-14-16-27-23(25)21-18-20(3)19-22(21)24(26)28-17-15-13-11-9-7-5-2/h20-22H,4-19H2,1-3H3. The molecule has 0 spiro atoms. The Morgan fingerprint density at radius 3 is 1.39 bits per heavy atom. The molecule has 0 aromatic heterocycles. The molecule has 1 saturated carbocycles. The summed E-state index contributed by atoms with van der Waals surface area (Å²) >= 11 is 0. The van der Waals surface area contributed by atoms with Gasteiger partial charge in [-0.15, -0.1) is 0 Å². The third-order valence-corrected chi connectivity index (χ3v) is 5.89. The molecule has 2 unspecified atom stereocenters. The van der Waals surface area contributed by atoms with Crippen LogP contribution >= 0.6 is 0 Å². The number of carbonyl (C=O) groups excluding carboxylic acids is 2. The monoisotopic (exact) mass is 396 g/mol. The largest absolute Gasteiger partial charge is 0.465 e. The fourth-order valence-corrected chi connectivity index (χ4v) is 4.14. The Bertz CT molecular complexity index is 383. The number of rotatable bonds is 16. The molecule has 28 heavy (non-hydrogen) atoms. The van der Waals surface area contributed by atoms with E-state index in [4.69, 9.17) is 9.47 Å². The molecule has 2 atom stereocenters. The molecule has 0 aromatic carbocycles. The lowest BCUT2D eigenvalue weighted by Gasteiger charge is -2.17. The van der Waals surface area contributed by atoms with Crippen LogP contribution in [0.15, 0.2) is 0 Å². The van der Waals surface area contributed by atoms with Crippen LogP contribution in [0.1, 0.15) is 111 Å². The van der Waals surface area contributed by atoms with Gasteiger partial charge >= 0.3 is 11.9 Å². The maximum Gasteiger partial charge on any atom is 0.309 e. The summed E-state index contributed by atoms with van der Waals surface area (Å²) in [5.41, 5.74) is 0. The SMILES string of the molecule is CCCCCCCCOC(=O)C1CC(C)CC1C(=O)OCCCCCCCC. The number of hydrogen-bond donors (Lipinski definition) is 0. The van der Waals surface area contributed by atoms with E-state index in [-0.39, 0.29) is 23.8 Å². The zero-order valence-corrected chi connectivity index (χ0v) is 18.7. The van der Waals surface area contributed by atoms with Crippen LogP contribution in [0.5, 0.6) is 0 Å². The summed E-state index contributed by atoms with van der Waals surface area (Å²) in [7, 11) is 0. The average molecular weight is 397 g/mol. The van der Waals surface area contributed by atoms with Gasteiger partial charge in [0.2, 0.25) is 0 Å². The quantitative estimate of drug-likeness (QED) is 0.222. The van der Waals surface area contributed by atoms with Gasteiger partial charge in [0.1, 0.15) is 0 Å². The van der Waals surface area contributed by atoms with Crippen LogP contribution in [-0.4, -0.2) is 25.2 Å². The molecule has 1 fully saturated rings. The highest BCUT2D eigenvalue weighted by Crippen LogP contribution is 2.38. The summed E-state index contributed by atoms with van der Waals surface area (Å²) in [5.74, 6) is -0.642. The summed E-state index contributed by atoms with van der Waals surface area (Å²) in [4.78, 5) is 25.0. The minimum atomic E-state index is -0.313. The first-order valence-electron chi connectivity index (χ1n) is 11.9. The van der Waals surface area contributed by atoms with Gasteiger partial charge in [0.05, 0.1) is 25.0 Å². The number of carbonyl (C=O) groups is 2. The highest BCUT2D eigenvalue weighted by molar-refractivity contribution is 5.82. The van der Waals surface area contributed by atoms with Crippen LogP contribution in [0, 0.1) is 17.8 Å². The molecule has 0 N–H and O–H groups in total. The van der Waals surface area contributed by atoms with Crippen molar-refractivity contribution in [2.75, 3.05) is 13.2 Å². The Kier molecular flexibility index (Phi) is 14.1. The van der Waals surface area contributed by atoms with Crippen LogP contribution in [-0.2, 0) is 19.1 Å². The van der Waals surface area contributed by atoms with E-state index in [1.165, 1.54) is 51.4 Å². The van der Waals surface area contributed by atoms with E-state index in [0.29, 0.717) is 19.1 Å². The Balaban J connectivity index is 2.24. The molecule has 0 saturated heterocycles. The van der Waals surface area contributed by atoms with Crippen LogP contribution in [0.3, 0.4) is 0 Å². The van der Waals surface area contributed by atoms with Crippen molar-refractivity contribution in [2.24, 2.45) is 17.8 Å². The normalized spacial score (nSPS) is 21.6. The van der Waals surface area contributed by atoms with Crippen LogP contribution in [0.2, 0.25) is 0 Å². The molecular weight excluding hydrogens is 352 g/mol. The second-order valence-corrected chi connectivity index (χ2v) is 8.66. The molecular formula is C24H44O4. The van der Waals surface area contributed by atoms with E-state index in [9.17, 15) is 9.59 Å². The van der Waals surface area contributed by atoms with Gasteiger partial charge < -0.3 is 9.47 Å². The Hall–Kier alpha value is -1.06. The van der Waals surface area contributed by atoms with E-state index in [1.54, 1.807) is 0 Å². The third-order valence-electron chi connectivity index (χ3n) is 5.89. The summed E-state index contributed by atoms with van der Waals surface area (Å²) in [6, 6.07) is 0. The fraction of sp³-hybridized carbons (Fsp3) is 0.917. The maximum absolute atomic E-state index is 12.5. The lowest BCUT2D eigenvalue weighted by Crippen LogP contribution is -2.29. The first-order valence-corrected chi connectivity index (χ1v) is 11.9. The first kappa shape index (κ1) is 25.0. The van der Waals surface area contributed by atoms with Gasteiger partial charge in [-0.05, 0) is 31.6 Å². The second-order valence-electron chi connectivity index (χ2n) is 8.66. The zero-order valence-electron chi connectivity index (χ0n) is 18.7. The minimum Gasteiger partial charge on any atom is -0.465 e. The smallest absolute Gasteiger partial charge is 0.309 e. The molecule has 1 aliphatic rings. The van der Waals surface area contributed by atoms with Gasteiger partial charge in [-0.2, -0.15) is 0 Å². The highest BCUT2D eigenvalue weighted by Gasteiger charge is 2.42. The van der Waals surface area contributed by atoms with Crippen molar-refractivity contribution in [2.45, 2.75) is 111 Å². The van der Waals surface area contributed by atoms with E-state index < -0.39 is 0 Å². The predicted molar refractivity (Wildman–Crippen MR) is 114 cm³/mol. The highest BCUT2D eigenvalue weighted by atomic mass is 16.5. The van der Waals surface area contributed by atoms with Gasteiger partial charge in [0.25, 0.3) is 0 Å². The van der Waals surface area contributed by atoms with Gasteiger partial charge in [0, 0.05) is 0 Å². The summed E-state index contributed by atoms with van der Waals surface area (Å²) in [6.45, 7) is 7.48. The van der Waals surface area contributed by atoms with E-state index >= 15 is 0 Å². The molecule has 4 nitrogen and oxygen atoms in total. The lowest BCUT2D eigenvalue weighted by molar-refractivity contribution is -0.159. The van der Waals surface area contributed by atoms with Crippen molar-refractivity contribution in [1.82, 2.24) is 0 Å². The first-order chi connectivity index (χ1) is 13.6. The molecule has 0 aromatic rings. The number of unbranched alkanes of at least 4 members (excludes halogenated alkanes) is 10. The molecule has 1 rings (SSSR count). The van der Waals surface area contributed by atoms with Crippen molar-refractivity contribution in [3.8, 4) is 0 Å². The van der Waals surface area contributed by atoms with Crippen LogP contribution in [0.4, 0.5) is 0 Å². The predicted octanol–water partition coefficient (Wildman–Crippen LogP) is 6.46. The van der Waals surface area contributed by atoms with Gasteiger partial charge in [-0.1, -0.05) is 85.0 Å². The summed E-state index contributed by atoms with van der Waals surface area (Å²) in [6.07, 6.45) is 15.5. The Morgan fingerprint density at radius 1 is 0.643 bits per heavy atom. The van der Waals surface area contributed by atoms with Gasteiger partial charge in [0.15, 0.2) is 0 Å². The number of esters is 2.